The number of carbonyl (C=O) groups is 2. The molecular formula is C33H37N5O2. The number of pyridine rings is 2. The Hall–Kier alpha value is -4.65. The summed E-state index contributed by atoms with van der Waals surface area (Å²) in [6, 6.07) is 16.4. The number of carbonyl (C=O) groups excluding carboxylic acids is 2. The number of nitrogens with zero attached hydrogens (tertiary/aromatic N) is 3. The van der Waals surface area contributed by atoms with Gasteiger partial charge in [-0.1, -0.05) is 38.5 Å². The first kappa shape index (κ1) is 29.9. The van der Waals surface area contributed by atoms with Crippen LogP contribution >= 0.6 is 0 Å². The molecule has 0 bridgehead atoms. The van der Waals surface area contributed by atoms with Crippen molar-refractivity contribution in [2.45, 2.75) is 48.0 Å². The van der Waals surface area contributed by atoms with Crippen molar-refractivity contribution in [1.29, 1.82) is 0 Å². The van der Waals surface area contributed by atoms with E-state index in [0.717, 1.165) is 39.7 Å². The van der Waals surface area contributed by atoms with E-state index in [2.05, 4.69) is 26.7 Å². The largest absolute Gasteiger partial charge is 0.346 e. The highest BCUT2D eigenvalue weighted by atomic mass is 16.2. The summed E-state index contributed by atoms with van der Waals surface area (Å²) in [7, 11) is 0. The van der Waals surface area contributed by atoms with Gasteiger partial charge in [-0.25, -0.2) is 4.98 Å². The van der Waals surface area contributed by atoms with E-state index in [1.807, 2.05) is 72.0 Å². The second kappa shape index (κ2) is 14.5. The summed E-state index contributed by atoms with van der Waals surface area (Å²) in [5.74, 6) is -0.461. The first-order valence-electron chi connectivity index (χ1n) is 13.6. The van der Waals surface area contributed by atoms with Gasteiger partial charge in [0.1, 0.15) is 0 Å². The quantitative estimate of drug-likeness (QED) is 0.231. The van der Waals surface area contributed by atoms with Gasteiger partial charge in [-0.05, 0) is 81.3 Å². The third-order valence-electron chi connectivity index (χ3n) is 6.06. The van der Waals surface area contributed by atoms with Crippen molar-refractivity contribution in [2.75, 3.05) is 11.9 Å². The Kier molecular flexibility index (Phi) is 10.8. The highest BCUT2D eigenvalue weighted by Crippen LogP contribution is 2.28. The minimum Gasteiger partial charge on any atom is -0.346 e. The van der Waals surface area contributed by atoms with E-state index in [1.165, 1.54) is 0 Å². The van der Waals surface area contributed by atoms with E-state index in [9.17, 15) is 9.59 Å². The van der Waals surface area contributed by atoms with Crippen LogP contribution in [-0.4, -0.2) is 34.5 Å². The molecule has 40 heavy (non-hydrogen) atoms. The van der Waals surface area contributed by atoms with Gasteiger partial charge in [0, 0.05) is 40.8 Å². The fraction of sp³-hybridized carbons (Fsp3) is 0.242. The molecule has 4 rings (SSSR count). The molecule has 0 aliphatic carbocycles. The fourth-order valence-corrected chi connectivity index (χ4v) is 4.14. The molecule has 4 aromatic rings. The van der Waals surface area contributed by atoms with Crippen molar-refractivity contribution in [3.05, 3.63) is 101 Å². The summed E-state index contributed by atoms with van der Waals surface area (Å²) in [6.45, 7) is 12.2. The summed E-state index contributed by atoms with van der Waals surface area (Å²) < 4.78 is 0. The first-order chi connectivity index (χ1) is 19.4. The van der Waals surface area contributed by atoms with Crippen LogP contribution < -0.4 is 10.6 Å². The van der Waals surface area contributed by atoms with Gasteiger partial charge in [-0.3, -0.25) is 19.6 Å². The molecule has 0 atom stereocenters. The van der Waals surface area contributed by atoms with Crippen LogP contribution in [0.2, 0.25) is 0 Å². The van der Waals surface area contributed by atoms with Crippen molar-refractivity contribution in [3.8, 4) is 11.3 Å². The van der Waals surface area contributed by atoms with E-state index >= 15 is 0 Å². The molecule has 206 valence electrons. The molecule has 0 radical (unpaired) electrons. The van der Waals surface area contributed by atoms with Crippen molar-refractivity contribution in [1.82, 2.24) is 15.3 Å². The van der Waals surface area contributed by atoms with E-state index in [4.69, 9.17) is 4.98 Å². The monoisotopic (exact) mass is 535 g/mol. The summed E-state index contributed by atoms with van der Waals surface area (Å²) in [5.41, 5.74) is 6.74. The van der Waals surface area contributed by atoms with Crippen LogP contribution in [0, 0.1) is 13.8 Å². The lowest BCUT2D eigenvalue weighted by molar-refractivity contribution is 0.0956. The standard InChI is InChI=1S/C31H31N5O2.C2H6/c1-5-13-33-24(6-2)19-34-30(37)22-9-11-25(12-10-22)35-31(38)27-17-28(23-8-7-14-32-18-23)36-29-21(4)15-20(3)16-26(27)29;1-2/h6-18H,5,19H2,1-4H3,(H,34,37)(H,35,38);1-2H3/b24-6-,33-13?;. The summed E-state index contributed by atoms with van der Waals surface area (Å²) >= 11 is 0. The Morgan fingerprint density at radius 3 is 2.40 bits per heavy atom. The fourth-order valence-electron chi connectivity index (χ4n) is 4.14. The highest BCUT2D eigenvalue weighted by molar-refractivity contribution is 6.13. The predicted octanol–water partition coefficient (Wildman–Crippen LogP) is 7.31. The van der Waals surface area contributed by atoms with Crippen LogP contribution in [0.1, 0.15) is 66.0 Å². The van der Waals surface area contributed by atoms with Crippen molar-refractivity contribution in [3.63, 3.8) is 0 Å². The topological polar surface area (TPSA) is 96.3 Å². The number of aliphatic imine (C=N–C) groups is 1. The molecule has 0 aliphatic rings. The Bertz CT molecular complexity index is 1520. The summed E-state index contributed by atoms with van der Waals surface area (Å²) in [5, 5.41) is 6.64. The average molecular weight is 536 g/mol. The molecule has 0 spiro atoms. The number of nitrogens with one attached hydrogen (secondary N) is 2. The SMILES string of the molecule is C/C=C(/CNC(=O)c1ccc(NC(=O)c2cc(-c3cccnc3)nc3c(C)cc(C)cc23)cc1)N=CCC.CC. The number of allylic oxidation sites excluding steroid dienone is 1. The molecule has 0 fully saturated rings. The second-order valence-electron chi connectivity index (χ2n) is 8.99. The minimum atomic E-state index is -0.253. The second-order valence-corrected chi connectivity index (χ2v) is 8.99. The summed E-state index contributed by atoms with van der Waals surface area (Å²) in [4.78, 5) is 39.5. The molecule has 2 amide bonds. The van der Waals surface area contributed by atoms with Crippen LogP contribution in [0.15, 0.2) is 83.8 Å². The van der Waals surface area contributed by atoms with Gasteiger partial charge >= 0.3 is 0 Å². The first-order valence-corrected chi connectivity index (χ1v) is 13.6. The van der Waals surface area contributed by atoms with Crippen molar-refractivity contribution in [2.24, 2.45) is 4.99 Å². The van der Waals surface area contributed by atoms with E-state index in [0.29, 0.717) is 29.1 Å². The number of amides is 2. The Morgan fingerprint density at radius 2 is 1.75 bits per heavy atom. The maximum absolute atomic E-state index is 13.5. The number of benzene rings is 2. The lowest BCUT2D eigenvalue weighted by Crippen LogP contribution is -2.25. The zero-order valence-electron chi connectivity index (χ0n) is 24.1. The van der Waals surface area contributed by atoms with Gasteiger partial charge in [0.05, 0.1) is 29.0 Å². The Balaban J connectivity index is 0.00000216. The molecule has 0 saturated carbocycles. The molecule has 2 N–H and O–H groups in total. The number of fused-ring (bicyclic) bond motifs is 1. The van der Waals surface area contributed by atoms with Crippen molar-refractivity contribution >= 4 is 34.6 Å². The number of hydrogen-bond donors (Lipinski definition) is 2. The molecule has 0 aliphatic heterocycles. The highest BCUT2D eigenvalue weighted by Gasteiger charge is 2.17. The predicted molar refractivity (Wildman–Crippen MR) is 165 cm³/mol. The van der Waals surface area contributed by atoms with Gasteiger partial charge in [0.25, 0.3) is 11.8 Å². The maximum atomic E-state index is 13.5. The Morgan fingerprint density at radius 1 is 1.00 bits per heavy atom. The molecule has 2 aromatic heterocycles. The average Bonchev–Trinajstić information content (AvgIpc) is 2.98. The van der Waals surface area contributed by atoms with Crippen LogP contribution in [0.4, 0.5) is 5.69 Å². The maximum Gasteiger partial charge on any atom is 0.256 e. The Labute approximate surface area is 236 Å². The minimum absolute atomic E-state index is 0.207. The molecule has 0 saturated heterocycles. The lowest BCUT2D eigenvalue weighted by Gasteiger charge is -2.13. The zero-order valence-corrected chi connectivity index (χ0v) is 24.1. The molecule has 2 aromatic carbocycles. The van der Waals surface area contributed by atoms with Gasteiger partial charge in [-0.15, -0.1) is 0 Å². The molecule has 7 nitrogen and oxygen atoms in total. The van der Waals surface area contributed by atoms with Crippen LogP contribution in [-0.2, 0) is 0 Å². The van der Waals surface area contributed by atoms with Gasteiger partial charge in [0.2, 0.25) is 0 Å². The number of aromatic nitrogens is 2. The number of anilines is 1. The van der Waals surface area contributed by atoms with Gasteiger partial charge in [0.15, 0.2) is 0 Å². The van der Waals surface area contributed by atoms with E-state index in [1.54, 1.807) is 42.7 Å². The molecule has 7 heteroatoms. The summed E-state index contributed by atoms with van der Waals surface area (Å²) in [6.07, 6.45) is 7.96. The lowest BCUT2D eigenvalue weighted by atomic mass is 9.99. The smallest absolute Gasteiger partial charge is 0.256 e. The molecule has 0 unspecified atom stereocenters. The zero-order chi connectivity index (χ0) is 29.1. The van der Waals surface area contributed by atoms with E-state index < -0.39 is 0 Å². The van der Waals surface area contributed by atoms with E-state index in [-0.39, 0.29) is 11.8 Å². The normalized spacial score (nSPS) is 11.2. The molecule has 2 heterocycles. The third kappa shape index (κ3) is 7.47. The van der Waals surface area contributed by atoms with Crippen LogP contribution in [0.3, 0.4) is 0 Å². The van der Waals surface area contributed by atoms with Crippen molar-refractivity contribution < 1.29 is 9.59 Å². The van der Waals surface area contributed by atoms with Crippen LogP contribution in [0.25, 0.3) is 22.2 Å². The number of aryl methyl sites for hydroxylation is 2. The number of hydrogen-bond acceptors (Lipinski definition) is 5. The van der Waals surface area contributed by atoms with Gasteiger partial charge in [-0.2, -0.15) is 0 Å². The molecular weight excluding hydrogens is 498 g/mol. The van der Waals surface area contributed by atoms with Gasteiger partial charge < -0.3 is 10.6 Å². The third-order valence-corrected chi connectivity index (χ3v) is 6.06. The number of rotatable bonds is 8. The van der Waals surface area contributed by atoms with Crippen LogP contribution in [0.5, 0.6) is 0 Å².